The van der Waals surface area contributed by atoms with Crippen LogP contribution in [-0.4, -0.2) is 65.5 Å². The van der Waals surface area contributed by atoms with Gasteiger partial charge in [-0.05, 0) is 49.6 Å². The number of thiophene rings is 1. The Hall–Kier alpha value is -2.26. The van der Waals surface area contributed by atoms with Crippen molar-refractivity contribution in [2.45, 2.75) is 30.8 Å². The lowest BCUT2D eigenvalue weighted by Gasteiger charge is -2.26. The van der Waals surface area contributed by atoms with E-state index in [0.29, 0.717) is 0 Å². The van der Waals surface area contributed by atoms with Crippen LogP contribution in [0.25, 0.3) is 31.7 Å². The summed E-state index contributed by atoms with van der Waals surface area (Å²) in [6, 6.07) is 10.6. The van der Waals surface area contributed by atoms with Crippen molar-refractivity contribution in [2.24, 2.45) is 0 Å². The monoisotopic (exact) mass is 491 g/mol. The van der Waals surface area contributed by atoms with E-state index in [0.717, 1.165) is 90.4 Å². The minimum atomic E-state index is 0.821. The molecule has 0 atom stereocenters. The van der Waals surface area contributed by atoms with Gasteiger partial charge in [-0.2, -0.15) is 0 Å². The molecule has 4 heterocycles. The number of nitrogens with zero attached hydrogens (tertiary/aromatic N) is 4. The Balaban J connectivity index is 1.37. The first-order valence-electron chi connectivity index (χ1n) is 12.1. The Kier molecular flexibility index (Phi) is 6.39. The Morgan fingerprint density at radius 1 is 1.06 bits per heavy atom. The van der Waals surface area contributed by atoms with E-state index < -0.39 is 0 Å². The largest absolute Gasteiger partial charge is 0.379 e. The number of morpholine rings is 1. The highest BCUT2D eigenvalue weighted by Gasteiger charge is 2.25. The second-order valence-electron chi connectivity index (χ2n) is 8.89. The molecule has 0 bridgehead atoms. The van der Waals surface area contributed by atoms with Crippen LogP contribution in [0.5, 0.6) is 0 Å². The zero-order valence-corrected chi connectivity index (χ0v) is 21.1. The van der Waals surface area contributed by atoms with Gasteiger partial charge in [0, 0.05) is 30.6 Å². The summed E-state index contributed by atoms with van der Waals surface area (Å²) in [5.74, 6) is 0.951. The van der Waals surface area contributed by atoms with E-state index in [9.17, 15) is 0 Å². The average Bonchev–Trinajstić information content (AvgIpc) is 3.51. The molecular weight excluding hydrogens is 462 g/mol. The number of aryl methyl sites for hydroxylation is 1. The molecular formula is C26H29N5OS2. The number of fused-ring (bicyclic) bond motifs is 5. The van der Waals surface area contributed by atoms with E-state index in [1.54, 1.807) is 23.1 Å². The maximum atomic E-state index is 5.46. The topological polar surface area (TPSA) is 63.2 Å². The molecule has 3 aromatic heterocycles. The van der Waals surface area contributed by atoms with Gasteiger partial charge in [0.1, 0.15) is 10.6 Å². The van der Waals surface area contributed by atoms with Gasteiger partial charge in [0.05, 0.1) is 29.1 Å². The third kappa shape index (κ3) is 4.17. The number of benzene rings is 1. The molecule has 0 unspecified atom stereocenters. The number of aromatic nitrogens is 3. The second kappa shape index (κ2) is 9.77. The molecule has 0 saturated carbocycles. The quantitative estimate of drug-likeness (QED) is 0.215. The molecule has 1 fully saturated rings. The molecule has 2 aliphatic rings. The van der Waals surface area contributed by atoms with Crippen molar-refractivity contribution in [2.75, 3.05) is 51.0 Å². The first-order valence-corrected chi connectivity index (χ1v) is 14.2. The van der Waals surface area contributed by atoms with Gasteiger partial charge in [-0.15, -0.1) is 11.3 Å². The zero-order chi connectivity index (χ0) is 22.9. The van der Waals surface area contributed by atoms with E-state index in [1.807, 2.05) is 6.26 Å². The smallest absolute Gasteiger partial charge is 0.189 e. The first-order chi connectivity index (χ1) is 16.8. The van der Waals surface area contributed by atoms with Gasteiger partial charge in [0.2, 0.25) is 0 Å². The highest BCUT2D eigenvalue weighted by Crippen LogP contribution is 2.43. The number of hydrogen-bond donors (Lipinski definition) is 1. The van der Waals surface area contributed by atoms with Crippen molar-refractivity contribution in [3.05, 3.63) is 41.5 Å². The summed E-state index contributed by atoms with van der Waals surface area (Å²) in [6.45, 7) is 5.74. The number of ether oxygens (including phenoxy) is 1. The predicted molar refractivity (Wildman–Crippen MR) is 142 cm³/mol. The molecule has 1 aliphatic carbocycles. The summed E-state index contributed by atoms with van der Waals surface area (Å²) in [6.07, 6.45) is 6.50. The van der Waals surface area contributed by atoms with E-state index in [4.69, 9.17) is 19.7 Å². The Morgan fingerprint density at radius 2 is 1.88 bits per heavy atom. The van der Waals surface area contributed by atoms with Crippen molar-refractivity contribution < 1.29 is 4.74 Å². The van der Waals surface area contributed by atoms with Gasteiger partial charge < -0.3 is 10.1 Å². The maximum absolute atomic E-state index is 5.46. The van der Waals surface area contributed by atoms with Crippen molar-refractivity contribution in [1.82, 2.24) is 19.9 Å². The molecule has 176 valence electrons. The van der Waals surface area contributed by atoms with Gasteiger partial charge >= 0.3 is 0 Å². The fourth-order valence-electron chi connectivity index (χ4n) is 5.13. The molecule has 6 rings (SSSR count). The zero-order valence-electron chi connectivity index (χ0n) is 19.5. The average molecular weight is 492 g/mol. The number of hydrogen-bond acceptors (Lipinski definition) is 8. The van der Waals surface area contributed by atoms with Gasteiger partial charge in [-0.25, -0.2) is 15.0 Å². The molecule has 1 aromatic carbocycles. The molecule has 0 amide bonds. The molecule has 1 N–H and O–H groups in total. The second-order valence-corrected chi connectivity index (χ2v) is 10.7. The molecule has 0 spiro atoms. The Morgan fingerprint density at radius 3 is 2.71 bits per heavy atom. The van der Waals surface area contributed by atoms with Crippen LogP contribution in [0.1, 0.15) is 24.0 Å². The molecule has 8 heteroatoms. The van der Waals surface area contributed by atoms with E-state index in [1.165, 1.54) is 28.5 Å². The van der Waals surface area contributed by atoms with Crippen LogP contribution in [0.15, 0.2) is 35.5 Å². The maximum Gasteiger partial charge on any atom is 0.189 e. The van der Waals surface area contributed by atoms with E-state index in [2.05, 4.69) is 40.5 Å². The van der Waals surface area contributed by atoms with Crippen LogP contribution in [0.2, 0.25) is 0 Å². The summed E-state index contributed by atoms with van der Waals surface area (Å²) in [5, 5.41) is 5.71. The predicted octanol–water partition coefficient (Wildman–Crippen LogP) is 5.25. The van der Waals surface area contributed by atoms with Crippen molar-refractivity contribution >= 4 is 49.3 Å². The molecule has 6 nitrogen and oxygen atoms in total. The minimum Gasteiger partial charge on any atom is -0.379 e. The summed E-state index contributed by atoms with van der Waals surface area (Å²) in [5.41, 5.74) is 6.27. The lowest BCUT2D eigenvalue weighted by molar-refractivity contribution is 0.0378. The number of thioether (sulfide) groups is 1. The third-order valence-electron chi connectivity index (χ3n) is 6.79. The van der Waals surface area contributed by atoms with Crippen molar-refractivity contribution in [3.8, 4) is 11.3 Å². The lowest BCUT2D eigenvalue weighted by atomic mass is 10.0. The summed E-state index contributed by atoms with van der Waals surface area (Å²) >= 11 is 3.34. The Labute approximate surface area is 208 Å². The van der Waals surface area contributed by atoms with E-state index >= 15 is 0 Å². The normalized spacial score (nSPS) is 16.4. The number of anilines is 1. The van der Waals surface area contributed by atoms with Crippen LogP contribution in [0.3, 0.4) is 0 Å². The molecule has 1 aliphatic heterocycles. The van der Waals surface area contributed by atoms with Crippen LogP contribution >= 0.6 is 23.1 Å². The van der Waals surface area contributed by atoms with Crippen molar-refractivity contribution in [3.63, 3.8) is 0 Å². The highest BCUT2D eigenvalue weighted by molar-refractivity contribution is 7.98. The van der Waals surface area contributed by atoms with Crippen LogP contribution < -0.4 is 5.32 Å². The van der Waals surface area contributed by atoms with Gasteiger partial charge in [-0.1, -0.05) is 42.1 Å². The summed E-state index contributed by atoms with van der Waals surface area (Å²) < 4.78 is 6.60. The number of nitrogens with one attached hydrogen (secondary N) is 1. The fraction of sp³-hybridized carbons (Fsp3) is 0.423. The molecule has 1 saturated heterocycles. The molecule has 34 heavy (non-hydrogen) atoms. The Bertz CT molecular complexity index is 1320. The standard InChI is InChI=1S/C26H29N5OS2/c1-33-26-29-22-20-18-9-5-10-19(18)21(17-7-3-2-4-8-17)28-25(20)34-23(22)24(30-26)27-11-6-12-31-13-15-32-16-14-31/h2-4,7-8H,5-6,9-16H2,1H3,(H,27,29,30). The fourth-order valence-corrected chi connectivity index (χ4v) is 6.60. The minimum absolute atomic E-state index is 0.821. The summed E-state index contributed by atoms with van der Waals surface area (Å²) in [4.78, 5) is 18.6. The lowest BCUT2D eigenvalue weighted by Crippen LogP contribution is -2.37. The molecule has 0 radical (unpaired) electrons. The van der Waals surface area contributed by atoms with Gasteiger partial charge in [0.25, 0.3) is 0 Å². The number of pyridine rings is 1. The summed E-state index contributed by atoms with van der Waals surface area (Å²) in [7, 11) is 0. The van der Waals surface area contributed by atoms with Crippen LogP contribution in [-0.2, 0) is 17.6 Å². The van der Waals surface area contributed by atoms with Crippen LogP contribution in [0, 0.1) is 0 Å². The van der Waals surface area contributed by atoms with E-state index in [-0.39, 0.29) is 0 Å². The van der Waals surface area contributed by atoms with Gasteiger partial charge in [-0.3, -0.25) is 4.90 Å². The molecule has 4 aromatic rings. The first kappa shape index (κ1) is 22.2. The number of rotatable bonds is 7. The third-order valence-corrected chi connectivity index (χ3v) is 8.42. The SMILES string of the molecule is CSc1nc(NCCCN2CCOCC2)c2sc3nc(-c4ccccc4)c4c(c3c2n1)CCC4. The van der Waals surface area contributed by atoms with Crippen LogP contribution in [0.4, 0.5) is 5.82 Å². The van der Waals surface area contributed by atoms with Gasteiger partial charge in [0.15, 0.2) is 5.16 Å². The highest BCUT2D eigenvalue weighted by atomic mass is 32.2. The van der Waals surface area contributed by atoms with Crippen molar-refractivity contribution in [1.29, 1.82) is 0 Å².